The lowest BCUT2D eigenvalue weighted by Crippen LogP contribution is -2.26. The molecule has 4 heteroatoms. The summed E-state index contributed by atoms with van der Waals surface area (Å²) in [6, 6.07) is 17.8. The number of pyridine rings is 1. The summed E-state index contributed by atoms with van der Waals surface area (Å²) in [5.41, 5.74) is 3.97. The largest absolute Gasteiger partial charge is 0.380 e. The van der Waals surface area contributed by atoms with Crippen molar-refractivity contribution in [1.82, 2.24) is 15.2 Å². The van der Waals surface area contributed by atoms with E-state index in [-0.39, 0.29) is 2.85 Å². The van der Waals surface area contributed by atoms with Crippen molar-refractivity contribution in [3.63, 3.8) is 0 Å². The maximum absolute atomic E-state index is 4.22. The maximum atomic E-state index is 4.22. The molecule has 2 fully saturated rings. The lowest BCUT2D eigenvalue weighted by Gasteiger charge is -2.18. The molecule has 0 unspecified atom stereocenters. The Balaban J connectivity index is 0.000000397. The fourth-order valence-corrected chi connectivity index (χ4v) is 4.43. The van der Waals surface area contributed by atoms with Gasteiger partial charge in [-0.05, 0) is 57.0 Å². The molecule has 0 saturated carbocycles. The minimum Gasteiger partial charge on any atom is -0.380 e. The number of aromatic nitrogens is 1. The fraction of sp³-hybridized carbons (Fsp3) is 0.423. The van der Waals surface area contributed by atoms with Crippen LogP contribution in [0, 0.1) is 6.92 Å². The molecule has 2 aliphatic rings. The summed E-state index contributed by atoms with van der Waals surface area (Å²) in [5, 5.41) is 9.47. The average Bonchev–Trinajstić information content (AvgIpc) is 3.22. The zero-order chi connectivity index (χ0) is 20.6. The molecule has 2 N–H and O–H groups in total. The molecule has 0 bridgehead atoms. The Bertz CT molecular complexity index is 929. The van der Waals surface area contributed by atoms with Gasteiger partial charge >= 0.3 is 0 Å². The summed E-state index contributed by atoms with van der Waals surface area (Å²) in [5.74, 6) is 0. The van der Waals surface area contributed by atoms with Crippen LogP contribution in [0.25, 0.3) is 10.8 Å². The van der Waals surface area contributed by atoms with Crippen LogP contribution in [0.1, 0.15) is 39.7 Å². The van der Waals surface area contributed by atoms with E-state index in [1.165, 1.54) is 66.4 Å². The smallest absolute Gasteiger partial charge is 0.0423 e. The van der Waals surface area contributed by atoms with Crippen molar-refractivity contribution in [3.05, 3.63) is 72.1 Å². The van der Waals surface area contributed by atoms with Gasteiger partial charge in [-0.1, -0.05) is 48.4 Å². The third-order valence-corrected chi connectivity index (χ3v) is 6.01. The molecule has 3 heterocycles. The average molecular weight is 407 g/mol. The third-order valence-electron chi connectivity index (χ3n) is 6.01. The van der Waals surface area contributed by atoms with Gasteiger partial charge in [-0.25, -0.2) is 0 Å². The van der Waals surface area contributed by atoms with Crippen LogP contribution in [-0.2, 0) is 6.54 Å². The Morgan fingerprint density at radius 2 is 1.97 bits per heavy atom. The maximum Gasteiger partial charge on any atom is 0.0423 e. The highest BCUT2D eigenvalue weighted by Gasteiger charge is 2.22. The summed E-state index contributed by atoms with van der Waals surface area (Å²) in [6.45, 7) is 7.94. The van der Waals surface area contributed by atoms with Crippen molar-refractivity contribution in [2.75, 3.05) is 31.5 Å². The highest BCUT2D eigenvalue weighted by molar-refractivity contribution is 5.93. The van der Waals surface area contributed by atoms with Gasteiger partial charge in [0.2, 0.25) is 0 Å². The SMILES string of the molecule is C1CCNCC1.Cc1cccc(CN2CC[C@@H](Nc3cccc4cnccc34)C2)c1.[HH].[HH]. The first-order chi connectivity index (χ1) is 14.8. The number of fused-ring (bicyclic) bond motifs is 1. The zero-order valence-electron chi connectivity index (χ0n) is 18.1. The quantitative estimate of drug-likeness (QED) is 0.602. The molecule has 0 spiro atoms. The van der Waals surface area contributed by atoms with Crippen LogP contribution in [0.2, 0.25) is 0 Å². The molecule has 2 aliphatic heterocycles. The van der Waals surface area contributed by atoms with Crippen molar-refractivity contribution < 1.29 is 2.85 Å². The van der Waals surface area contributed by atoms with Crippen LogP contribution < -0.4 is 10.6 Å². The number of hydrogen-bond acceptors (Lipinski definition) is 4. The number of benzene rings is 2. The Hall–Kier alpha value is -2.43. The minimum atomic E-state index is 0. The summed E-state index contributed by atoms with van der Waals surface area (Å²) in [6.07, 6.45) is 9.20. The molecule has 162 valence electrons. The van der Waals surface area contributed by atoms with E-state index in [2.05, 4.69) is 76.0 Å². The predicted molar refractivity (Wildman–Crippen MR) is 131 cm³/mol. The van der Waals surface area contributed by atoms with Gasteiger partial charge < -0.3 is 10.6 Å². The van der Waals surface area contributed by atoms with E-state index in [0.29, 0.717) is 6.04 Å². The number of nitrogens with one attached hydrogen (secondary N) is 2. The predicted octanol–water partition coefficient (Wildman–Crippen LogP) is 5.48. The van der Waals surface area contributed by atoms with Crippen LogP contribution in [0.15, 0.2) is 60.9 Å². The number of piperidine rings is 1. The number of nitrogens with zero attached hydrogens (tertiary/aromatic N) is 2. The van der Waals surface area contributed by atoms with Gasteiger partial charge in [-0.2, -0.15) is 0 Å². The van der Waals surface area contributed by atoms with E-state index >= 15 is 0 Å². The molecule has 1 aromatic heterocycles. The second-order valence-corrected chi connectivity index (χ2v) is 8.57. The number of likely N-dealkylation sites (tertiary alicyclic amines) is 1. The van der Waals surface area contributed by atoms with Crippen LogP contribution in [0.4, 0.5) is 5.69 Å². The van der Waals surface area contributed by atoms with Crippen LogP contribution >= 0.6 is 0 Å². The highest BCUT2D eigenvalue weighted by atomic mass is 15.2. The Labute approximate surface area is 183 Å². The van der Waals surface area contributed by atoms with Crippen molar-refractivity contribution in [2.24, 2.45) is 0 Å². The second-order valence-electron chi connectivity index (χ2n) is 8.57. The normalized spacial score (nSPS) is 19.3. The molecule has 0 amide bonds. The summed E-state index contributed by atoms with van der Waals surface area (Å²) >= 11 is 0. The zero-order valence-corrected chi connectivity index (χ0v) is 18.1. The van der Waals surface area contributed by atoms with Crippen molar-refractivity contribution >= 4 is 16.5 Å². The van der Waals surface area contributed by atoms with Gasteiger partial charge in [-0.3, -0.25) is 9.88 Å². The van der Waals surface area contributed by atoms with Gasteiger partial charge in [0, 0.05) is 57.4 Å². The molecule has 30 heavy (non-hydrogen) atoms. The third kappa shape index (κ3) is 5.80. The molecule has 2 aromatic carbocycles. The van der Waals surface area contributed by atoms with Gasteiger partial charge in [-0.15, -0.1) is 0 Å². The second kappa shape index (κ2) is 10.6. The minimum absolute atomic E-state index is 0. The fourth-order valence-electron chi connectivity index (χ4n) is 4.43. The molecule has 2 saturated heterocycles. The first-order valence-electron chi connectivity index (χ1n) is 11.4. The van der Waals surface area contributed by atoms with E-state index in [1.54, 1.807) is 0 Å². The van der Waals surface area contributed by atoms with Gasteiger partial charge in [0.15, 0.2) is 0 Å². The lowest BCUT2D eigenvalue weighted by atomic mass is 10.1. The van der Waals surface area contributed by atoms with Gasteiger partial charge in [0.25, 0.3) is 0 Å². The first-order valence-corrected chi connectivity index (χ1v) is 11.4. The van der Waals surface area contributed by atoms with Crippen LogP contribution in [0.5, 0.6) is 0 Å². The van der Waals surface area contributed by atoms with Gasteiger partial charge in [0.05, 0.1) is 0 Å². The Morgan fingerprint density at radius 3 is 2.73 bits per heavy atom. The summed E-state index contributed by atoms with van der Waals surface area (Å²) in [7, 11) is 0. The van der Waals surface area contributed by atoms with Crippen LogP contribution in [-0.4, -0.2) is 42.1 Å². The Morgan fingerprint density at radius 1 is 1.10 bits per heavy atom. The standard InChI is InChI=1S/C21H23N3.C5H11N.2H2/c1-16-4-2-5-17(12-16)14-24-11-9-19(15-24)23-21-7-3-6-18-13-22-10-8-20(18)21;1-2-4-6-5-3-1;;/h2-8,10,12-13,19,23H,9,11,14-15H2,1H3;6H,1-5H2;2*1H/t19-;;;/m1.../s1. The van der Waals surface area contributed by atoms with E-state index in [1.807, 2.05) is 12.4 Å². The molecule has 0 aliphatic carbocycles. The lowest BCUT2D eigenvalue weighted by molar-refractivity contribution is 0.328. The number of rotatable bonds is 4. The molecule has 1 atom stereocenters. The van der Waals surface area contributed by atoms with Crippen LogP contribution in [0.3, 0.4) is 0 Å². The van der Waals surface area contributed by atoms with Crippen molar-refractivity contribution in [1.29, 1.82) is 0 Å². The van der Waals surface area contributed by atoms with E-state index in [4.69, 9.17) is 0 Å². The van der Waals surface area contributed by atoms with Gasteiger partial charge in [0.1, 0.15) is 0 Å². The number of hydrogen-bond donors (Lipinski definition) is 2. The number of anilines is 1. The molecule has 0 radical (unpaired) electrons. The molecule has 5 rings (SSSR count). The van der Waals surface area contributed by atoms with Crippen molar-refractivity contribution in [2.45, 2.75) is 45.2 Å². The molecule has 3 aromatic rings. The summed E-state index contributed by atoms with van der Waals surface area (Å²) in [4.78, 5) is 6.76. The topological polar surface area (TPSA) is 40.2 Å². The highest BCUT2D eigenvalue weighted by Crippen LogP contribution is 2.25. The van der Waals surface area contributed by atoms with E-state index in [0.717, 1.165) is 19.6 Å². The van der Waals surface area contributed by atoms with E-state index < -0.39 is 0 Å². The Kier molecular flexibility index (Phi) is 7.33. The first kappa shape index (κ1) is 20.8. The number of aryl methyl sites for hydroxylation is 1. The van der Waals surface area contributed by atoms with E-state index in [9.17, 15) is 0 Å². The molecular formula is C26H38N4. The monoisotopic (exact) mass is 406 g/mol. The molecular weight excluding hydrogens is 368 g/mol. The molecule has 4 nitrogen and oxygen atoms in total. The van der Waals surface area contributed by atoms with Crippen molar-refractivity contribution in [3.8, 4) is 0 Å². The summed E-state index contributed by atoms with van der Waals surface area (Å²) < 4.78 is 0.